The van der Waals surface area contributed by atoms with Crippen molar-refractivity contribution in [3.05, 3.63) is 11.0 Å². The Labute approximate surface area is 61.7 Å². The first-order valence-corrected chi connectivity index (χ1v) is 3.87. The van der Waals surface area contributed by atoms with Gasteiger partial charge in [0, 0.05) is 6.54 Å². The summed E-state index contributed by atoms with van der Waals surface area (Å²) in [6.07, 6.45) is 6.24. The van der Waals surface area contributed by atoms with Crippen LogP contribution in [0.1, 0.15) is 19.3 Å². The molecule has 2 N–H and O–H groups in total. The van der Waals surface area contributed by atoms with E-state index in [9.17, 15) is 0 Å². The van der Waals surface area contributed by atoms with E-state index >= 15 is 0 Å². The molecule has 0 atom stereocenters. The van der Waals surface area contributed by atoms with E-state index in [0.717, 1.165) is 10.8 Å². The molecule has 0 amide bonds. The Kier molecular flexibility index (Phi) is 2.61. The maximum Gasteiger partial charge on any atom is 0.0233 e. The molecule has 0 aromatic carbocycles. The van der Waals surface area contributed by atoms with Crippen LogP contribution in [0.4, 0.5) is 0 Å². The molecule has 0 aromatic heterocycles. The van der Waals surface area contributed by atoms with E-state index in [2.05, 4.69) is 18.7 Å². The summed E-state index contributed by atoms with van der Waals surface area (Å²) >= 11 is 4.19. The Bertz CT molecular complexity index is 116. The third-order valence-electron chi connectivity index (χ3n) is 1.79. The zero-order valence-electron chi connectivity index (χ0n) is 5.51. The fourth-order valence-corrected chi connectivity index (χ4v) is 1.16. The minimum absolute atomic E-state index is 0.597. The maximum absolute atomic E-state index is 5.35. The van der Waals surface area contributed by atoms with Crippen LogP contribution < -0.4 is 5.73 Å². The second-order valence-electron chi connectivity index (χ2n) is 2.55. The predicted molar refractivity (Wildman–Crippen MR) is 43.5 cm³/mol. The summed E-state index contributed by atoms with van der Waals surface area (Å²) in [4.78, 5) is 1.04. The molecule has 0 heterocycles. The lowest BCUT2D eigenvalue weighted by molar-refractivity contribution is 0.387. The average Bonchev–Trinajstić information content (AvgIpc) is 1.78. The van der Waals surface area contributed by atoms with Crippen LogP contribution in [0.25, 0.3) is 0 Å². The molecule has 2 heteroatoms. The van der Waals surface area contributed by atoms with Gasteiger partial charge >= 0.3 is 0 Å². The van der Waals surface area contributed by atoms with Crippen molar-refractivity contribution in [2.45, 2.75) is 19.3 Å². The van der Waals surface area contributed by atoms with Crippen molar-refractivity contribution in [1.82, 2.24) is 0 Å². The van der Waals surface area contributed by atoms with E-state index in [0.29, 0.717) is 6.54 Å². The van der Waals surface area contributed by atoms with Crippen molar-refractivity contribution in [3.63, 3.8) is 0 Å². The second-order valence-corrected chi connectivity index (χ2v) is 3.13. The largest absolute Gasteiger partial charge is 0.326 e. The number of thiol groups is 1. The summed E-state index contributed by atoms with van der Waals surface area (Å²) < 4.78 is 0. The van der Waals surface area contributed by atoms with Gasteiger partial charge in [0.15, 0.2) is 0 Å². The van der Waals surface area contributed by atoms with E-state index in [1.165, 1.54) is 19.3 Å². The summed E-state index contributed by atoms with van der Waals surface area (Å²) in [5.41, 5.74) is 5.35. The van der Waals surface area contributed by atoms with Crippen LogP contribution in [0.5, 0.6) is 0 Å². The molecule has 0 unspecified atom stereocenters. The molecule has 0 bridgehead atoms. The first kappa shape index (κ1) is 7.16. The van der Waals surface area contributed by atoms with Gasteiger partial charge in [-0.3, -0.25) is 0 Å². The molecule has 1 fully saturated rings. The zero-order chi connectivity index (χ0) is 6.69. The van der Waals surface area contributed by atoms with Gasteiger partial charge < -0.3 is 5.73 Å². The highest BCUT2D eigenvalue weighted by Gasteiger charge is 2.14. The lowest BCUT2D eigenvalue weighted by Crippen LogP contribution is -2.09. The Morgan fingerprint density at radius 3 is 2.67 bits per heavy atom. The Morgan fingerprint density at radius 2 is 2.33 bits per heavy atom. The minimum atomic E-state index is 0.597. The number of allylic oxidation sites excluding steroid dienone is 1. The highest BCUT2D eigenvalue weighted by atomic mass is 32.1. The van der Waals surface area contributed by atoms with Crippen molar-refractivity contribution < 1.29 is 0 Å². The smallest absolute Gasteiger partial charge is 0.0233 e. The molecule has 0 aromatic rings. The van der Waals surface area contributed by atoms with Crippen molar-refractivity contribution in [3.8, 4) is 0 Å². The maximum atomic E-state index is 5.35. The van der Waals surface area contributed by atoms with Crippen molar-refractivity contribution >= 4 is 12.6 Å². The highest BCUT2D eigenvalue weighted by molar-refractivity contribution is 7.84. The Balaban J connectivity index is 2.27. The van der Waals surface area contributed by atoms with Crippen molar-refractivity contribution in [1.29, 1.82) is 0 Å². The number of rotatable bonds is 2. The van der Waals surface area contributed by atoms with Crippen LogP contribution in [0.3, 0.4) is 0 Å². The van der Waals surface area contributed by atoms with Gasteiger partial charge in [0.1, 0.15) is 0 Å². The summed E-state index contributed by atoms with van der Waals surface area (Å²) in [6.45, 7) is 0.597. The fraction of sp³-hybridized carbons (Fsp3) is 0.714. The molecule has 0 radical (unpaired) electrons. The van der Waals surface area contributed by atoms with Gasteiger partial charge in [-0.25, -0.2) is 0 Å². The van der Waals surface area contributed by atoms with Gasteiger partial charge in [0.05, 0.1) is 0 Å². The summed E-state index contributed by atoms with van der Waals surface area (Å²) in [6, 6.07) is 0. The standard InChI is InChI=1S/C7H13NS/c8-5-7(9)4-6-2-1-3-6/h4,6,9H,1-3,5,8H2/b7-4-. The van der Waals surface area contributed by atoms with E-state index < -0.39 is 0 Å². The first-order chi connectivity index (χ1) is 4.33. The van der Waals surface area contributed by atoms with E-state index in [-0.39, 0.29) is 0 Å². The molecule has 0 saturated heterocycles. The third-order valence-corrected chi connectivity index (χ3v) is 2.12. The van der Waals surface area contributed by atoms with Crippen LogP contribution in [-0.4, -0.2) is 6.54 Å². The topological polar surface area (TPSA) is 26.0 Å². The van der Waals surface area contributed by atoms with Crippen LogP contribution in [-0.2, 0) is 0 Å². The van der Waals surface area contributed by atoms with Crippen LogP contribution in [0.2, 0.25) is 0 Å². The summed E-state index contributed by atoms with van der Waals surface area (Å²) in [5.74, 6) is 0.793. The molecular weight excluding hydrogens is 130 g/mol. The average molecular weight is 143 g/mol. The van der Waals surface area contributed by atoms with Crippen molar-refractivity contribution in [2.24, 2.45) is 11.7 Å². The molecule has 1 rings (SSSR count). The lowest BCUT2D eigenvalue weighted by Gasteiger charge is -2.21. The summed E-state index contributed by atoms with van der Waals surface area (Å²) in [7, 11) is 0. The molecule has 1 nitrogen and oxygen atoms in total. The van der Waals surface area contributed by atoms with Gasteiger partial charge in [-0.2, -0.15) is 0 Å². The molecular formula is C7H13NS. The van der Waals surface area contributed by atoms with Crippen LogP contribution in [0.15, 0.2) is 11.0 Å². The fourth-order valence-electron chi connectivity index (χ4n) is 0.947. The summed E-state index contributed by atoms with van der Waals surface area (Å²) in [5, 5.41) is 0. The molecule has 0 aliphatic heterocycles. The lowest BCUT2D eigenvalue weighted by atomic mass is 9.85. The molecule has 1 saturated carbocycles. The van der Waals surface area contributed by atoms with Crippen LogP contribution >= 0.6 is 12.6 Å². The molecule has 1 aliphatic rings. The van der Waals surface area contributed by atoms with Crippen molar-refractivity contribution in [2.75, 3.05) is 6.54 Å². The molecule has 1 aliphatic carbocycles. The van der Waals surface area contributed by atoms with Gasteiger partial charge in [-0.05, 0) is 23.7 Å². The molecule has 52 valence electrons. The quantitative estimate of drug-likeness (QED) is 0.564. The Morgan fingerprint density at radius 1 is 1.67 bits per heavy atom. The van der Waals surface area contributed by atoms with Gasteiger partial charge in [-0.15, -0.1) is 12.6 Å². The third kappa shape index (κ3) is 2.03. The zero-order valence-corrected chi connectivity index (χ0v) is 6.40. The number of nitrogens with two attached hydrogens (primary N) is 1. The van der Waals surface area contributed by atoms with Gasteiger partial charge in [0.25, 0.3) is 0 Å². The van der Waals surface area contributed by atoms with E-state index in [1.807, 2.05) is 0 Å². The monoisotopic (exact) mass is 143 g/mol. The van der Waals surface area contributed by atoms with Gasteiger partial charge in [0.2, 0.25) is 0 Å². The SMILES string of the molecule is NC/C(S)=C/C1CCC1. The molecule has 9 heavy (non-hydrogen) atoms. The van der Waals surface area contributed by atoms with Gasteiger partial charge in [-0.1, -0.05) is 12.5 Å². The first-order valence-electron chi connectivity index (χ1n) is 3.42. The Hall–Kier alpha value is 0.0500. The van der Waals surface area contributed by atoms with Crippen LogP contribution in [0, 0.1) is 5.92 Å². The predicted octanol–water partition coefficient (Wildman–Crippen LogP) is 1.56. The highest BCUT2D eigenvalue weighted by Crippen LogP contribution is 2.28. The minimum Gasteiger partial charge on any atom is -0.326 e. The number of hydrogen-bond acceptors (Lipinski definition) is 2. The number of hydrogen-bond donors (Lipinski definition) is 2. The normalized spacial score (nSPS) is 21.8. The second kappa shape index (κ2) is 3.28. The van der Waals surface area contributed by atoms with E-state index in [4.69, 9.17) is 5.73 Å². The molecule has 0 spiro atoms. The van der Waals surface area contributed by atoms with E-state index in [1.54, 1.807) is 0 Å².